The van der Waals surface area contributed by atoms with Crippen molar-refractivity contribution in [1.29, 1.82) is 0 Å². The monoisotopic (exact) mass is 502 g/mol. The predicted octanol–water partition coefficient (Wildman–Crippen LogP) is 2.24. The number of guanidine groups is 1. The molecule has 1 unspecified atom stereocenters. The van der Waals surface area contributed by atoms with Crippen molar-refractivity contribution in [3.05, 3.63) is 29.8 Å². The number of aliphatic imine (C=N–C) groups is 1. The van der Waals surface area contributed by atoms with E-state index in [9.17, 15) is 0 Å². The average Bonchev–Trinajstić information content (AvgIpc) is 2.65. The minimum absolute atomic E-state index is 0. The van der Waals surface area contributed by atoms with Crippen molar-refractivity contribution in [2.45, 2.75) is 26.8 Å². The van der Waals surface area contributed by atoms with Crippen molar-refractivity contribution < 1.29 is 0 Å². The molecule has 0 aliphatic carbocycles. The molecule has 1 heterocycles. The van der Waals surface area contributed by atoms with E-state index in [1.165, 1.54) is 11.3 Å². The summed E-state index contributed by atoms with van der Waals surface area (Å²) in [6, 6.07) is 9.19. The number of anilines is 1. The van der Waals surface area contributed by atoms with Crippen LogP contribution in [0.15, 0.2) is 29.3 Å². The molecule has 0 spiro atoms. The van der Waals surface area contributed by atoms with Crippen LogP contribution < -0.4 is 15.5 Å². The molecule has 0 amide bonds. The molecular formula is C21H39IN6. The number of piperazine rings is 1. The molecule has 0 saturated carbocycles. The van der Waals surface area contributed by atoms with Gasteiger partial charge < -0.3 is 20.4 Å². The summed E-state index contributed by atoms with van der Waals surface area (Å²) >= 11 is 0. The highest BCUT2D eigenvalue weighted by Crippen LogP contribution is 2.15. The zero-order valence-corrected chi connectivity index (χ0v) is 20.6. The molecule has 7 heteroatoms. The lowest BCUT2D eigenvalue weighted by atomic mass is 10.2. The molecule has 1 aliphatic heterocycles. The number of benzene rings is 1. The maximum atomic E-state index is 4.84. The Morgan fingerprint density at radius 3 is 2.68 bits per heavy atom. The second kappa shape index (κ2) is 13.2. The second-order valence-electron chi connectivity index (χ2n) is 7.46. The number of halogens is 1. The van der Waals surface area contributed by atoms with Gasteiger partial charge in [-0.1, -0.05) is 12.1 Å². The van der Waals surface area contributed by atoms with Crippen molar-refractivity contribution in [3.8, 4) is 0 Å². The highest BCUT2D eigenvalue weighted by Gasteiger charge is 2.21. The molecule has 1 saturated heterocycles. The van der Waals surface area contributed by atoms with E-state index in [-0.39, 0.29) is 24.0 Å². The summed E-state index contributed by atoms with van der Waals surface area (Å²) in [6.07, 6.45) is 0. The van der Waals surface area contributed by atoms with Gasteiger partial charge in [-0.15, -0.1) is 24.0 Å². The fourth-order valence-electron chi connectivity index (χ4n) is 3.44. The molecule has 6 nitrogen and oxygen atoms in total. The number of rotatable bonds is 8. The molecule has 1 atom stereocenters. The van der Waals surface area contributed by atoms with E-state index in [1.807, 2.05) is 0 Å². The number of nitrogens with zero attached hydrogens (tertiary/aromatic N) is 4. The second-order valence-corrected chi connectivity index (χ2v) is 7.46. The zero-order chi connectivity index (χ0) is 19.6. The number of likely N-dealkylation sites (N-methyl/N-ethyl adjacent to an activating group) is 3. The Labute approximate surface area is 188 Å². The average molecular weight is 502 g/mol. The summed E-state index contributed by atoms with van der Waals surface area (Å²) in [7, 11) is 4.40. The lowest BCUT2D eigenvalue weighted by Crippen LogP contribution is -2.51. The molecule has 2 rings (SSSR count). The maximum absolute atomic E-state index is 4.84. The number of hydrogen-bond acceptors (Lipinski definition) is 4. The summed E-state index contributed by atoms with van der Waals surface area (Å²) < 4.78 is 0. The van der Waals surface area contributed by atoms with Crippen LogP contribution >= 0.6 is 24.0 Å². The number of hydrogen-bond donors (Lipinski definition) is 2. The Morgan fingerprint density at radius 2 is 2.00 bits per heavy atom. The van der Waals surface area contributed by atoms with Crippen molar-refractivity contribution in [2.75, 3.05) is 71.4 Å². The first-order valence-electron chi connectivity index (χ1n) is 10.3. The van der Waals surface area contributed by atoms with Gasteiger partial charge in [0.15, 0.2) is 5.96 Å². The minimum atomic E-state index is 0. The zero-order valence-electron chi connectivity index (χ0n) is 18.2. The molecule has 28 heavy (non-hydrogen) atoms. The first-order valence-corrected chi connectivity index (χ1v) is 10.3. The molecular weight excluding hydrogens is 463 g/mol. The van der Waals surface area contributed by atoms with E-state index in [4.69, 9.17) is 4.99 Å². The van der Waals surface area contributed by atoms with Crippen LogP contribution in [0.25, 0.3) is 0 Å². The highest BCUT2D eigenvalue weighted by atomic mass is 127. The van der Waals surface area contributed by atoms with E-state index in [1.54, 1.807) is 0 Å². The first-order chi connectivity index (χ1) is 13.0. The highest BCUT2D eigenvalue weighted by molar-refractivity contribution is 14.0. The lowest BCUT2D eigenvalue weighted by Gasteiger charge is -2.37. The van der Waals surface area contributed by atoms with Gasteiger partial charge in [0.1, 0.15) is 0 Å². The fourth-order valence-corrected chi connectivity index (χ4v) is 3.44. The normalized spacial score (nSPS) is 18.5. The van der Waals surface area contributed by atoms with Crippen LogP contribution in [0.3, 0.4) is 0 Å². The van der Waals surface area contributed by atoms with E-state index in [2.05, 4.69) is 84.5 Å². The number of nitrogens with one attached hydrogen (secondary N) is 2. The van der Waals surface area contributed by atoms with E-state index < -0.39 is 0 Å². The molecule has 0 bridgehead atoms. The summed E-state index contributed by atoms with van der Waals surface area (Å²) in [6.45, 7) is 14.3. The Morgan fingerprint density at radius 1 is 1.21 bits per heavy atom. The molecule has 1 aliphatic rings. The molecule has 160 valence electrons. The Hall–Kier alpha value is -1.06. The van der Waals surface area contributed by atoms with Crippen LogP contribution in [0.1, 0.15) is 19.4 Å². The van der Waals surface area contributed by atoms with Crippen molar-refractivity contribution in [1.82, 2.24) is 20.4 Å². The van der Waals surface area contributed by atoms with Crippen LogP contribution in [0, 0.1) is 6.92 Å². The van der Waals surface area contributed by atoms with Gasteiger partial charge in [-0.2, -0.15) is 0 Å². The third-order valence-electron chi connectivity index (χ3n) is 5.21. The van der Waals surface area contributed by atoms with E-state index >= 15 is 0 Å². The van der Waals surface area contributed by atoms with E-state index in [0.717, 1.165) is 58.3 Å². The summed E-state index contributed by atoms with van der Waals surface area (Å²) in [4.78, 5) is 12.0. The molecule has 0 aromatic heterocycles. The van der Waals surface area contributed by atoms with Crippen molar-refractivity contribution in [2.24, 2.45) is 4.99 Å². The Balaban J connectivity index is 0.00000392. The Bertz CT molecular complexity index is 594. The third-order valence-corrected chi connectivity index (χ3v) is 5.21. The van der Waals surface area contributed by atoms with Crippen LogP contribution in [0.4, 0.5) is 5.69 Å². The SMILES string of the molecule is CCNC(=NCC1CN(C)CCN1C)NCCN(CC)c1cccc(C)c1.I. The summed E-state index contributed by atoms with van der Waals surface area (Å²) in [5, 5.41) is 6.88. The van der Waals surface area contributed by atoms with Gasteiger partial charge in [0.05, 0.1) is 6.54 Å². The van der Waals surface area contributed by atoms with Gasteiger partial charge in [-0.25, -0.2) is 0 Å². The first kappa shape index (κ1) is 25.0. The van der Waals surface area contributed by atoms with Crippen molar-refractivity contribution in [3.63, 3.8) is 0 Å². The van der Waals surface area contributed by atoms with Crippen molar-refractivity contribution >= 4 is 35.6 Å². The summed E-state index contributed by atoms with van der Waals surface area (Å²) in [5.41, 5.74) is 2.59. The van der Waals surface area contributed by atoms with Gasteiger partial charge in [0.25, 0.3) is 0 Å². The summed E-state index contributed by atoms with van der Waals surface area (Å²) in [5.74, 6) is 0.916. The fraction of sp³-hybridized carbons (Fsp3) is 0.667. The van der Waals surface area contributed by atoms with Crippen LogP contribution in [-0.2, 0) is 0 Å². The third kappa shape index (κ3) is 8.13. The van der Waals surface area contributed by atoms with Gasteiger partial charge in [0.2, 0.25) is 0 Å². The van der Waals surface area contributed by atoms with Gasteiger partial charge >= 0.3 is 0 Å². The number of aryl methyl sites for hydroxylation is 1. The van der Waals surface area contributed by atoms with E-state index in [0.29, 0.717) is 6.04 Å². The van der Waals surface area contributed by atoms with Crippen LogP contribution in [0.2, 0.25) is 0 Å². The quantitative estimate of drug-likeness (QED) is 0.325. The minimum Gasteiger partial charge on any atom is -0.370 e. The van der Waals surface area contributed by atoms with Gasteiger partial charge in [-0.05, 0) is 52.6 Å². The van der Waals surface area contributed by atoms with Crippen LogP contribution in [-0.4, -0.2) is 88.3 Å². The molecule has 0 radical (unpaired) electrons. The smallest absolute Gasteiger partial charge is 0.191 e. The van der Waals surface area contributed by atoms with Crippen LogP contribution in [0.5, 0.6) is 0 Å². The topological polar surface area (TPSA) is 46.1 Å². The van der Waals surface area contributed by atoms with Gasteiger partial charge in [-0.3, -0.25) is 9.89 Å². The standard InChI is InChI=1S/C21H38N6.HI/c1-6-22-21(24-16-20-17-25(4)13-14-26(20)5)23-11-12-27(7-2)19-10-8-9-18(3)15-19;/h8-10,15,20H,6-7,11-14,16-17H2,1-5H3,(H2,22,23,24);1H. The molecule has 1 aromatic carbocycles. The molecule has 1 fully saturated rings. The lowest BCUT2D eigenvalue weighted by molar-refractivity contribution is 0.119. The largest absolute Gasteiger partial charge is 0.370 e. The van der Waals surface area contributed by atoms with Gasteiger partial charge in [0, 0.05) is 57.5 Å². The molecule has 1 aromatic rings. The maximum Gasteiger partial charge on any atom is 0.191 e. The molecule has 2 N–H and O–H groups in total. The Kier molecular flexibility index (Phi) is 11.8. The predicted molar refractivity (Wildman–Crippen MR) is 132 cm³/mol.